The first-order chi connectivity index (χ1) is 8.95. The first-order valence-electron chi connectivity index (χ1n) is 5.66. The van der Waals surface area contributed by atoms with Crippen molar-refractivity contribution < 1.29 is 9.36 Å². The Hall–Kier alpha value is -1.10. The lowest BCUT2D eigenvalue weighted by molar-refractivity contribution is -0.685. The van der Waals surface area contributed by atoms with Gasteiger partial charge in [0.05, 0.1) is 4.88 Å². The van der Waals surface area contributed by atoms with E-state index < -0.39 is 0 Å². The number of amides is 1. The number of carbonyl (C=O) groups is 1. The Labute approximate surface area is 125 Å². The van der Waals surface area contributed by atoms with Gasteiger partial charge >= 0.3 is 0 Å². The predicted octanol–water partition coefficient (Wildman–Crippen LogP) is 3.60. The molecule has 0 aliphatic heterocycles. The molecule has 19 heavy (non-hydrogen) atoms. The van der Waals surface area contributed by atoms with E-state index in [0.717, 1.165) is 5.69 Å². The van der Waals surface area contributed by atoms with Gasteiger partial charge in [-0.2, -0.15) is 4.57 Å². The van der Waals surface area contributed by atoms with Gasteiger partial charge in [-0.1, -0.05) is 34.5 Å². The quantitative estimate of drug-likeness (QED) is 0.862. The Balaban J connectivity index is 2.07. The van der Waals surface area contributed by atoms with E-state index in [0.29, 0.717) is 15.7 Å². The van der Waals surface area contributed by atoms with Gasteiger partial charge in [0.2, 0.25) is 12.1 Å². The van der Waals surface area contributed by atoms with Crippen molar-refractivity contribution in [2.45, 2.75) is 20.4 Å². The third-order valence-electron chi connectivity index (χ3n) is 2.76. The molecule has 0 unspecified atom stereocenters. The number of benzene rings is 1. The summed E-state index contributed by atoms with van der Waals surface area (Å²) in [5.74, 6) is -0.107. The van der Waals surface area contributed by atoms with E-state index in [4.69, 9.17) is 23.2 Å². The summed E-state index contributed by atoms with van der Waals surface area (Å²) in [6, 6.07) is 4.96. The molecule has 0 saturated carbocycles. The highest BCUT2D eigenvalue weighted by molar-refractivity contribution is 7.09. The zero-order valence-electron chi connectivity index (χ0n) is 10.5. The van der Waals surface area contributed by atoms with E-state index in [1.807, 2.05) is 23.9 Å². The first-order valence-corrected chi connectivity index (χ1v) is 7.29. The molecular formula is C13H13Cl2N2OS+. The molecule has 2 rings (SSSR count). The molecule has 2 aromatic rings. The van der Waals surface area contributed by atoms with E-state index in [1.54, 1.807) is 29.5 Å². The highest BCUT2D eigenvalue weighted by Crippen LogP contribution is 2.22. The van der Waals surface area contributed by atoms with Crippen LogP contribution >= 0.6 is 34.5 Å². The van der Waals surface area contributed by atoms with Crippen LogP contribution in [0.1, 0.15) is 10.6 Å². The van der Waals surface area contributed by atoms with E-state index in [-0.39, 0.29) is 12.5 Å². The normalized spacial score (nSPS) is 10.5. The van der Waals surface area contributed by atoms with Crippen LogP contribution in [0.3, 0.4) is 0 Å². The molecule has 0 aliphatic carbocycles. The van der Waals surface area contributed by atoms with Crippen LogP contribution in [0.25, 0.3) is 0 Å². The van der Waals surface area contributed by atoms with E-state index in [1.165, 1.54) is 4.88 Å². The van der Waals surface area contributed by atoms with Crippen LogP contribution in [0.5, 0.6) is 0 Å². The molecule has 0 saturated heterocycles. The average Bonchev–Trinajstić information content (AvgIpc) is 2.59. The van der Waals surface area contributed by atoms with E-state index in [2.05, 4.69) is 5.32 Å². The lowest BCUT2D eigenvalue weighted by atomic mass is 10.3. The third-order valence-corrected chi connectivity index (χ3v) is 4.20. The van der Waals surface area contributed by atoms with Crippen LogP contribution < -0.4 is 9.88 Å². The molecule has 1 heterocycles. The second kappa shape index (κ2) is 5.90. The maximum atomic E-state index is 12.0. The summed E-state index contributed by atoms with van der Waals surface area (Å²) < 4.78 is 1.92. The molecule has 0 aliphatic rings. The zero-order valence-corrected chi connectivity index (χ0v) is 12.9. The molecule has 1 N–H and O–H groups in total. The summed E-state index contributed by atoms with van der Waals surface area (Å²) in [6.07, 6.45) is 0. The molecule has 0 spiro atoms. The van der Waals surface area contributed by atoms with Gasteiger partial charge in [0.15, 0.2) is 5.69 Å². The number of carbonyl (C=O) groups excluding carboxylic acids is 1. The maximum Gasteiger partial charge on any atom is 0.290 e. The van der Waals surface area contributed by atoms with Crippen molar-refractivity contribution in [3.63, 3.8) is 0 Å². The van der Waals surface area contributed by atoms with Crippen molar-refractivity contribution in [1.82, 2.24) is 0 Å². The van der Waals surface area contributed by atoms with Crippen molar-refractivity contribution >= 4 is 46.1 Å². The number of nitrogens with zero attached hydrogens (tertiary/aromatic N) is 1. The SMILES string of the molecule is Cc1sc[n+](CC(=O)Nc2cc(Cl)cc(Cl)c2)c1C. The van der Waals surface area contributed by atoms with Crippen LogP contribution in [0.2, 0.25) is 10.0 Å². The molecular weight excluding hydrogens is 303 g/mol. The highest BCUT2D eigenvalue weighted by atomic mass is 35.5. The van der Waals surface area contributed by atoms with E-state index >= 15 is 0 Å². The Morgan fingerprint density at radius 3 is 2.42 bits per heavy atom. The fraction of sp³-hybridized carbons (Fsp3) is 0.231. The second-order valence-corrected chi connectivity index (χ2v) is 6.13. The number of anilines is 1. The van der Waals surface area contributed by atoms with Crippen molar-refractivity contribution in [3.8, 4) is 0 Å². The average molecular weight is 316 g/mol. The van der Waals surface area contributed by atoms with Crippen LogP contribution in [0, 0.1) is 13.8 Å². The van der Waals surface area contributed by atoms with Crippen molar-refractivity contribution in [1.29, 1.82) is 0 Å². The molecule has 3 nitrogen and oxygen atoms in total. The predicted molar refractivity (Wildman–Crippen MR) is 79.1 cm³/mol. The molecule has 1 aromatic heterocycles. The fourth-order valence-corrected chi connectivity index (χ4v) is 2.98. The lowest BCUT2D eigenvalue weighted by Crippen LogP contribution is -2.40. The smallest absolute Gasteiger partial charge is 0.290 e. The molecule has 0 atom stereocenters. The minimum atomic E-state index is -0.107. The largest absolute Gasteiger partial charge is 0.320 e. The zero-order chi connectivity index (χ0) is 14.0. The van der Waals surface area contributed by atoms with Crippen molar-refractivity contribution in [2.75, 3.05) is 5.32 Å². The van der Waals surface area contributed by atoms with Gasteiger partial charge in [-0.05, 0) is 25.1 Å². The van der Waals surface area contributed by atoms with Gasteiger partial charge < -0.3 is 5.32 Å². The summed E-state index contributed by atoms with van der Waals surface area (Å²) in [5, 5.41) is 3.78. The minimum absolute atomic E-state index is 0.107. The third kappa shape index (κ3) is 3.69. The van der Waals surface area contributed by atoms with Crippen LogP contribution in [-0.4, -0.2) is 5.91 Å². The maximum absolute atomic E-state index is 12.0. The number of thiazole rings is 1. The van der Waals surface area contributed by atoms with Gasteiger partial charge in [-0.15, -0.1) is 0 Å². The second-order valence-electron chi connectivity index (χ2n) is 4.20. The summed E-state index contributed by atoms with van der Waals surface area (Å²) in [4.78, 5) is 13.2. The number of aryl methyl sites for hydroxylation is 1. The van der Waals surface area contributed by atoms with Crippen LogP contribution in [-0.2, 0) is 11.3 Å². The summed E-state index contributed by atoms with van der Waals surface area (Å²) in [5.41, 5.74) is 3.65. The number of hydrogen-bond acceptors (Lipinski definition) is 2. The van der Waals surface area contributed by atoms with Gasteiger partial charge in [0.1, 0.15) is 0 Å². The molecule has 100 valence electrons. The van der Waals surface area contributed by atoms with Crippen molar-refractivity contribution in [2.24, 2.45) is 0 Å². The standard InChI is InChI=1S/C13H12Cl2N2OS/c1-8-9(2)19-7-17(8)6-13(18)16-12-4-10(14)3-11(15)5-12/h3-5,7H,6H2,1-2H3/p+1. The Kier molecular flexibility index (Phi) is 4.45. The number of aromatic nitrogens is 1. The monoisotopic (exact) mass is 315 g/mol. The number of hydrogen-bond donors (Lipinski definition) is 1. The topological polar surface area (TPSA) is 33.0 Å². The number of halogens is 2. The Morgan fingerprint density at radius 2 is 1.89 bits per heavy atom. The summed E-state index contributed by atoms with van der Waals surface area (Å²) >= 11 is 13.4. The molecule has 0 bridgehead atoms. The highest BCUT2D eigenvalue weighted by Gasteiger charge is 2.16. The molecule has 1 amide bonds. The van der Waals surface area contributed by atoms with Gasteiger partial charge in [0.25, 0.3) is 5.91 Å². The van der Waals surface area contributed by atoms with Gasteiger partial charge in [0, 0.05) is 22.7 Å². The lowest BCUT2D eigenvalue weighted by Gasteiger charge is -2.04. The van der Waals surface area contributed by atoms with Gasteiger partial charge in [-0.25, -0.2) is 0 Å². The number of nitrogens with one attached hydrogen (secondary N) is 1. The molecule has 6 heteroatoms. The number of rotatable bonds is 3. The first kappa shape index (κ1) is 14.3. The van der Waals surface area contributed by atoms with Crippen LogP contribution in [0.15, 0.2) is 23.7 Å². The summed E-state index contributed by atoms with van der Waals surface area (Å²) in [7, 11) is 0. The molecule has 1 aromatic carbocycles. The summed E-state index contributed by atoms with van der Waals surface area (Å²) in [6.45, 7) is 4.31. The van der Waals surface area contributed by atoms with Crippen molar-refractivity contribution in [3.05, 3.63) is 44.3 Å². The fourth-order valence-electron chi connectivity index (χ4n) is 1.65. The Morgan fingerprint density at radius 1 is 1.26 bits per heavy atom. The Bertz CT molecular complexity index is 605. The van der Waals surface area contributed by atoms with Gasteiger partial charge in [-0.3, -0.25) is 4.79 Å². The van der Waals surface area contributed by atoms with E-state index in [9.17, 15) is 4.79 Å². The molecule has 0 fully saturated rings. The van der Waals surface area contributed by atoms with Crippen LogP contribution in [0.4, 0.5) is 5.69 Å². The minimum Gasteiger partial charge on any atom is -0.320 e. The molecule has 0 radical (unpaired) electrons.